The summed E-state index contributed by atoms with van der Waals surface area (Å²) in [6, 6.07) is 0. The highest BCUT2D eigenvalue weighted by Gasteiger charge is 2.16. The number of aromatic nitrogens is 4. The average molecular weight is 189 g/mol. The quantitative estimate of drug-likeness (QED) is 0.555. The van der Waals surface area contributed by atoms with Crippen molar-refractivity contribution in [3.05, 3.63) is 5.82 Å². The zero-order valence-corrected chi connectivity index (χ0v) is 7.25. The summed E-state index contributed by atoms with van der Waals surface area (Å²) in [5, 5.41) is 10.8. The van der Waals surface area contributed by atoms with E-state index in [1.807, 2.05) is 0 Å². The lowest BCUT2D eigenvalue weighted by Gasteiger charge is -1.93. The van der Waals surface area contributed by atoms with E-state index in [-0.39, 0.29) is 18.3 Å². The van der Waals surface area contributed by atoms with Crippen LogP contribution < -0.4 is 0 Å². The summed E-state index contributed by atoms with van der Waals surface area (Å²) in [7, 11) is 0. The summed E-state index contributed by atoms with van der Waals surface area (Å²) in [6.07, 6.45) is 3.33. The van der Waals surface area contributed by atoms with Crippen molar-refractivity contribution < 1.29 is 4.79 Å². The lowest BCUT2D eigenvalue weighted by Crippen LogP contribution is -2.12. The van der Waals surface area contributed by atoms with Crippen LogP contribution in [0.2, 0.25) is 0 Å². The molecular formula is C6H9ClN4O. The number of carbonyl (C=O) groups excluding carboxylic acids is 1. The lowest BCUT2D eigenvalue weighted by atomic mass is 10.2. The zero-order valence-electron chi connectivity index (χ0n) is 6.43. The second-order valence-corrected chi connectivity index (χ2v) is 2.61. The molecule has 66 valence electrons. The Morgan fingerprint density at radius 1 is 1.25 bits per heavy atom. The number of aryl methyl sites for hydroxylation is 1. The van der Waals surface area contributed by atoms with Crippen LogP contribution in [0.3, 0.4) is 0 Å². The van der Waals surface area contributed by atoms with Gasteiger partial charge in [-0.05, 0) is 23.3 Å². The number of hydrogen-bond acceptors (Lipinski definition) is 4. The normalized spacial score (nSPS) is 16.2. The van der Waals surface area contributed by atoms with E-state index >= 15 is 0 Å². The number of carbonyl (C=O) groups is 1. The van der Waals surface area contributed by atoms with Crippen LogP contribution in [-0.4, -0.2) is 26.1 Å². The predicted molar refractivity (Wildman–Crippen MR) is 43.2 cm³/mol. The summed E-state index contributed by atoms with van der Waals surface area (Å²) in [4.78, 5) is 11.2. The van der Waals surface area contributed by atoms with Gasteiger partial charge in [0.2, 0.25) is 5.91 Å². The van der Waals surface area contributed by atoms with Gasteiger partial charge >= 0.3 is 0 Å². The Hall–Kier alpha value is -0.970. The van der Waals surface area contributed by atoms with Crippen molar-refractivity contribution in [2.75, 3.05) is 0 Å². The van der Waals surface area contributed by atoms with Crippen LogP contribution in [0.4, 0.5) is 0 Å². The minimum Gasteiger partial charge on any atom is -0.272 e. The van der Waals surface area contributed by atoms with Crippen molar-refractivity contribution in [2.45, 2.75) is 25.7 Å². The van der Waals surface area contributed by atoms with Gasteiger partial charge in [0.25, 0.3) is 0 Å². The van der Waals surface area contributed by atoms with Crippen molar-refractivity contribution in [1.29, 1.82) is 0 Å². The van der Waals surface area contributed by atoms with Gasteiger partial charge in [-0.1, -0.05) is 0 Å². The van der Waals surface area contributed by atoms with E-state index < -0.39 is 0 Å². The molecule has 0 unspecified atom stereocenters. The van der Waals surface area contributed by atoms with E-state index in [1.165, 1.54) is 4.68 Å². The molecule has 0 aromatic carbocycles. The molecule has 6 heteroatoms. The third-order valence-corrected chi connectivity index (χ3v) is 1.81. The van der Waals surface area contributed by atoms with Gasteiger partial charge in [-0.3, -0.25) is 4.79 Å². The Morgan fingerprint density at radius 3 is 2.83 bits per heavy atom. The van der Waals surface area contributed by atoms with Crippen LogP contribution in [-0.2, 0) is 6.42 Å². The van der Waals surface area contributed by atoms with Crippen molar-refractivity contribution >= 4 is 18.3 Å². The predicted octanol–water partition coefficient (Wildman–Crippen LogP) is 0.461. The molecule has 5 nitrogen and oxygen atoms in total. The van der Waals surface area contributed by atoms with Crippen molar-refractivity contribution in [3.8, 4) is 0 Å². The van der Waals surface area contributed by atoms with Crippen LogP contribution in [0, 0.1) is 0 Å². The molecule has 0 N–H and O–H groups in total. The smallest absolute Gasteiger partial charge is 0.250 e. The topological polar surface area (TPSA) is 60.7 Å². The molecule has 0 bridgehead atoms. The molecule has 0 spiro atoms. The Bertz CT molecular complexity index is 285. The monoisotopic (exact) mass is 188 g/mol. The highest BCUT2D eigenvalue weighted by molar-refractivity contribution is 5.85. The minimum atomic E-state index is 0. The van der Waals surface area contributed by atoms with Gasteiger partial charge in [0, 0.05) is 12.8 Å². The van der Waals surface area contributed by atoms with Crippen molar-refractivity contribution in [3.63, 3.8) is 0 Å². The first-order valence-corrected chi connectivity index (χ1v) is 3.68. The second kappa shape index (κ2) is 3.62. The zero-order chi connectivity index (χ0) is 7.68. The molecule has 0 atom stereocenters. The van der Waals surface area contributed by atoms with Gasteiger partial charge < -0.3 is 0 Å². The number of tetrazole rings is 1. The highest BCUT2D eigenvalue weighted by atomic mass is 35.5. The Balaban J connectivity index is 0.000000720. The van der Waals surface area contributed by atoms with E-state index in [9.17, 15) is 4.79 Å². The maximum Gasteiger partial charge on any atom is 0.250 e. The maximum atomic E-state index is 11.2. The van der Waals surface area contributed by atoms with Crippen LogP contribution in [0.25, 0.3) is 0 Å². The van der Waals surface area contributed by atoms with Crippen molar-refractivity contribution in [1.82, 2.24) is 20.2 Å². The van der Waals surface area contributed by atoms with Crippen molar-refractivity contribution in [2.24, 2.45) is 0 Å². The molecule has 1 aromatic heterocycles. The molecule has 1 aliphatic rings. The lowest BCUT2D eigenvalue weighted by molar-refractivity contribution is 0.0884. The molecule has 1 aromatic rings. The first-order chi connectivity index (χ1) is 5.38. The number of hydrogen-bond donors (Lipinski definition) is 0. The first-order valence-electron chi connectivity index (χ1n) is 3.68. The van der Waals surface area contributed by atoms with Gasteiger partial charge in [0.1, 0.15) is 0 Å². The number of rotatable bonds is 0. The van der Waals surface area contributed by atoms with Gasteiger partial charge in [0.15, 0.2) is 5.82 Å². The fraction of sp³-hybridized carbons (Fsp3) is 0.667. The van der Waals surface area contributed by atoms with E-state index in [0.717, 1.165) is 19.3 Å². The largest absolute Gasteiger partial charge is 0.272 e. The maximum absolute atomic E-state index is 11.2. The number of fused-ring (bicyclic) bond motifs is 1. The molecule has 12 heavy (non-hydrogen) atoms. The number of nitrogens with zero attached hydrogens (tertiary/aromatic N) is 4. The van der Waals surface area contributed by atoms with Gasteiger partial charge in [0.05, 0.1) is 0 Å². The molecule has 0 saturated carbocycles. The summed E-state index contributed by atoms with van der Waals surface area (Å²) in [6.45, 7) is 0. The van der Waals surface area contributed by atoms with E-state index in [0.29, 0.717) is 12.2 Å². The minimum absolute atomic E-state index is 0. The fourth-order valence-electron chi connectivity index (χ4n) is 1.22. The first kappa shape index (κ1) is 9.12. The average Bonchev–Trinajstić information content (AvgIpc) is 2.40. The summed E-state index contributed by atoms with van der Waals surface area (Å²) < 4.78 is 1.31. The molecule has 2 heterocycles. The third-order valence-electron chi connectivity index (χ3n) is 1.81. The Morgan fingerprint density at radius 2 is 2.00 bits per heavy atom. The summed E-state index contributed by atoms with van der Waals surface area (Å²) in [5.41, 5.74) is 0. The summed E-state index contributed by atoms with van der Waals surface area (Å²) in [5.74, 6) is 0.718. The molecule has 0 saturated heterocycles. The molecule has 2 rings (SSSR count). The van der Waals surface area contributed by atoms with Crippen LogP contribution in [0.15, 0.2) is 0 Å². The Kier molecular flexibility index (Phi) is 2.75. The van der Waals surface area contributed by atoms with E-state index in [1.54, 1.807) is 0 Å². The van der Waals surface area contributed by atoms with Crippen LogP contribution >= 0.6 is 12.4 Å². The molecular weight excluding hydrogens is 180 g/mol. The Labute approximate surface area is 75.5 Å². The third kappa shape index (κ3) is 1.45. The van der Waals surface area contributed by atoms with Gasteiger partial charge in [-0.2, -0.15) is 4.68 Å². The number of halogens is 1. The molecule has 0 aliphatic carbocycles. The summed E-state index contributed by atoms with van der Waals surface area (Å²) >= 11 is 0. The van der Waals surface area contributed by atoms with E-state index in [2.05, 4.69) is 15.5 Å². The van der Waals surface area contributed by atoms with Crippen LogP contribution in [0.1, 0.15) is 29.9 Å². The van der Waals surface area contributed by atoms with Gasteiger partial charge in [-0.25, -0.2) is 0 Å². The molecule has 1 aliphatic heterocycles. The van der Waals surface area contributed by atoms with E-state index in [4.69, 9.17) is 0 Å². The second-order valence-electron chi connectivity index (χ2n) is 2.61. The SMILES string of the molecule is Cl.O=C1CCCCc2nnnn21. The molecule has 0 radical (unpaired) electrons. The molecule has 0 amide bonds. The highest BCUT2D eigenvalue weighted by Crippen LogP contribution is 2.09. The van der Waals surface area contributed by atoms with Gasteiger partial charge in [-0.15, -0.1) is 17.5 Å². The fourth-order valence-corrected chi connectivity index (χ4v) is 1.22. The van der Waals surface area contributed by atoms with Crippen LogP contribution in [0.5, 0.6) is 0 Å². The standard InChI is InChI=1S/C6H8N4O.ClH/c11-6-4-2-1-3-5-7-8-9-10(5)6;/h1-4H2;1H. The molecule has 0 fully saturated rings.